The molecule has 0 spiro atoms. The van der Waals surface area contributed by atoms with Crippen LogP contribution in [0.3, 0.4) is 0 Å². The normalized spacial score (nSPS) is 11.8. The van der Waals surface area contributed by atoms with Gasteiger partial charge in [0.15, 0.2) is 0 Å². The van der Waals surface area contributed by atoms with Gasteiger partial charge in [0, 0.05) is 9.79 Å². The minimum absolute atomic E-state index is 0.0934. The van der Waals surface area contributed by atoms with E-state index in [-0.39, 0.29) is 5.75 Å². The number of benzene rings is 2. The van der Waals surface area contributed by atoms with Gasteiger partial charge in [0.2, 0.25) is 0 Å². The second kappa shape index (κ2) is 6.38. The van der Waals surface area contributed by atoms with E-state index < -0.39 is 22.9 Å². The Morgan fingerprint density at radius 2 is 1.40 bits per heavy atom. The average molecular weight is 298 g/mol. The summed E-state index contributed by atoms with van der Waals surface area (Å²) < 4.78 is 52.8. The van der Waals surface area contributed by atoms with Gasteiger partial charge in [-0.15, -0.1) is 0 Å². The Labute approximate surface area is 116 Å². The van der Waals surface area contributed by atoms with Gasteiger partial charge in [-0.25, -0.2) is 4.21 Å². The highest BCUT2D eigenvalue weighted by Gasteiger charge is 2.10. The number of ether oxygens (including phenoxy) is 1. The molecule has 0 fully saturated rings. The van der Waals surface area contributed by atoms with Gasteiger partial charge < -0.3 is 4.74 Å². The van der Waals surface area contributed by atoms with E-state index in [9.17, 15) is 17.4 Å². The Bertz CT molecular complexity index is 635. The van der Waals surface area contributed by atoms with Crippen LogP contribution in [-0.2, 0) is 10.8 Å². The summed E-state index contributed by atoms with van der Waals surface area (Å²) in [7, 11) is -1.39. The quantitative estimate of drug-likeness (QED) is 0.788. The third-order valence-electron chi connectivity index (χ3n) is 2.35. The lowest BCUT2D eigenvalue weighted by molar-refractivity contribution is 0.241. The van der Waals surface area contributed by atoms with Crippen molar-refractivity contribution in [3.05, 3.63) is 66.7 Å². The van der Waals surface area contributed by atoms with Gasteiger partial charge in [0.25, 0.3) is 0 Å². The first-order chi connectivity index (χ1) is 9.58. The second-order valence-corrected chi connectivity index (χ2v) is 5.17. The molecule has 20 heavy (non-hydrogen) atoms. The van der Waals surface area contributed by atoms with Crippen molar-refractivity contribution in [1.29, 1.82) is 0 Å². The van der Waals surface area contributed by atoms with E-state index in [0.717, 1.165) is 0 Å². The Kier molecular flexibility index (Phi) is 4.57. The van der Waals surface area contributed by atoms with E-state index in [4.69, 9.17) is 0 Å². The van der Waals surface area contributed by atoms with Crippen molar-refractivity contribution in [3.8, 4) is 5.75 Å². The van der Waals surface area contributed by atoms with Crippen LogP contribution in [0.15, 0.2) is 76.5 Å². The molecule has 0 aliphatic rings. The fraction of sp³-hybridized carbons (Fsp3) is 0. The van der Waals surface area contributed by atoms with Crippen LogP contribution >= 0.6 is 0 Å². The van der Waals surface area contributed by atoms with Crippen molar-refractivity contribution >= 4 is 10.8 Å². The van der Waals surface area contributed by atoms with Crippen LogP contribution in [0, 0.1) is 0 Å². The summed E-state index contributed by atoms with van der Waals surface area (Å²) in [6.07, 6.45) is -2.53. The molecule has 2 rings (SSSR count). The first-order valence-electron chi connectivity index (χ1n) is 5.53. The largest absolute Gasteiger partial charge is 0.428 e. The van der Waals surface area contributed by atoms with Gasteiger partial charge in [-0.2, -0.15) is 13.2 Å². The molecule has 6 heteroatoms. The highest BCUT2D eigenvalue weighted by molar-refractivity contribution is 7.85. The van der Waals surface area contributed by atoms with Crippen molar-refractivity contribution in [1.82, 2.24) is 0 Å². The molecule has 2 aromatic rings. The van der Waals surface area contributed by atoms with Crippen molar-refractivity contribution in [2.24, 2.45) is 0 Å². The molecule has 0 N–H and O–H groups in total. The summed E-state index contributed by atoms with van der Waals surface area (Å²) in [6.45, 7) is 0. The molecule has 104 valence electrons. The zero-order chi connectivity index (χ0) is 14.5. The van der Waals surface area contributed by atoms with Crippen molar-refractivity contribution in [3.63, 3.8) is 0 Å². The minimum Gasteiger partial charge on any atom is -0.428 e. The molecule has 2 nitrogen and oxygen atoms in total. The van der Waals surface area contributed by atoms with Gasteiger partial charge in [-0.3, -0.25) is 0 Å². The van der Waals surface area contributed by atoms with Crippen molar-refractivity contribution in [2.75, 3.05) is 0 Å². The van der Waals surface area contributed by atoms with E-state index in [0.29, 0.717) is 9.79 Å². The maximum Gasteiger partial charge on any atom is 0.344 e. The molecule has 0 heterocycles. The molecule has 0 radical (unpaired) electrons. The van der Waals surface area contributed by atoms with Gasteiger partial charge in [-0.05, 0) is 36.4 Å². The van der Waals surface area contributed by atoms with Gasteiger partial charge >= 0.3 is 12.1 Å². The fourth-order valence-corrected chi connectivity index (χ4v) is 2.51. The maximum atomic E-state index is 12.6. The fourth-order valence-electron chi connectivity index (χ4n) is 1.45. The smallest absolute Gasteiger partial charge is 0.344 e. The molecule has 0 aliphatic heterocycles. The summed E-state index contributed by atoms with van der Waals surface area (Å²) >= 11 is 0. The topological polar surface area (TPSA) is 26.3 Å². The standard InChI is InChI=1S/C14H9F3O2S/c15-13(16)14(17)19-10-6-8-12(9-7-10)20(18)11-4-2-1-3-5-11/h1-9H. The molecular weight excluding hydrogens is 289 g/mol. The van der Waals surface area contributed by atoms with Crippen LogP contribution in [0.2, 0.25) is 0 Å². The van der Waals surface area contributed by atoms with Crippen molar-refractivity contribution in [2.45, 2.75) is 9.79 Å². The predicted molar refractivity (Wildman–Crippen MR) is 68.5 cm³/mol. The maximum absolute atomic E-state index is 12.6. The molecule has 0 aliphatic carbocycles. The highest BCUT2D eigenvalue weighted by Crippen LogP contribution is 2.22. The molecule has 1 atom stereocenters. The Morgan fingerprint density at radius 3 is 1.95 bits per heavy atom. The zero-order valence-corrected chi connectivity index (χ0v) is 10.9. The van der Waals surface area contributed by atoms with Crippen LogP contribution in [0.25, 0.3) is 0 Å². The molecular formula is C14H9F3O2S. The summed E-state index contributed by atoms with van der Waals surface area (Å²) in [5.74, 6) is -0.0934. The minimum atomic E-state index is -2.53. The van der Waals surface area contributed by atoms with E-state index in [1.807, 2.05) is 0 Å². The SMILES string of the molecule is O=S(c1ccccc1)c1ccc(OC(F)=C(F)F)cc1. The van der Waals surface area contributed by atoms with E-state index in [1.165, 1.54) is 24.3 Å². The first-order valence-corrected chi connectivity index (χ1v) is 6.68. The molecule has 0 saturated carbocycles. The summed E-state index contributed by atoms with van der Waals surface area (Å²) in [6, 6.07) is 12.2. The second-order valence-electron chi connectivity index (χ2n) is 3.69. The average Bonchev–Trinajstić information content (AvgIpc) is 2.48. The summed E-state index contributed by atoms with van der Waals surface area (Å²) in [5.41, 5.74) is 0. The van der Waals surface area contributed by atoms with Crippen LogP contribution in [0.5, 0.6) is 5.75 Å². The number of halogens is 3. The van der Waals surface area contributed by atoms with Crippen LogP contribution in [-0.4, -0.2) is 4.21 Å². The van der Waals surface area contributed by atoms with Crippen LogP contribution < -0.4 is 4.74 Å². The first kappa shape index (κ1) is 14.3. The molecule has 0 bridgehead atoms. The molecule has 0 saturated heterocycles. The van der Waals surface area contributed by atoms with E-state index in [2.05, 4.69) is 4.74 Å². The van der Waals surface area contributed by atoms with Crippen LogP contribution in [0.1, 0.15) is 0 Å². The Hall–Kier alpha value is -2.08. The lowest BCUT2D eigenvalue weighted by atomic mass is 10.3. The zero-order valence-electron chi connectivity index (χ0n) is 10.1. The number of rotatable bonds is 4. The lowest BCUT2D eigenvalue weighted by Gasteiger charge is -2.04. The van der Waals surface area contributed by atoms with E-state index in [1.54, 1.807) is 30.3 Å². The van der Waals surface area contributed by atoms with Gasteiger partial charge in [-0.1, -0.05) is 18.2 Å². The molecule has 0 aromatic heterocycles. The van der Waals surface area contributed by atoms with Gasteiger partial charge in [0.1, 0.15) is 5.75 Å². The third kappa shape index (κ3) is 3.48. The molecule has 2 aromatic carbocycles. The third-order valence-corrected chi connectivity index (χ3v) is 3.75. The van der Waals surface area contributed by atoms with Crippen molar-refractivity contribution < 1.29 is 22.1 Å². The molecule has 1 unspecified atom stereocenters. The summed E-state index contributed by atoms with van der Waals surface area (Å²) in [5, 5.41) is 0. The molecule has 0 amide bonds. The van der Waals surface area contributed by atoms with Gasteiger partial charge in [0.05, 0.1) is 10.8 Å². The van der Waals surface area contributed by atoms with E-state index >= 15 is 0 Å². The van der Waals surface area contributed by atoms with Crippen LogP contribution in [0.4, 0.5) is 13.2 Å². The number of hydrogen-bond acceptors (Lipinski definition) is 2. The Morgan fingerprint density at radius 1 is 0.850 bits per heavy atom. The highest BCUT2D eigenvalue weighted by atomic mass is 32.2. The Balaban J connectivity index is 2.17. The predicted octanol–water partition coefficient (Wildman–Crippen LogP) is 4.27. The summed E-state index contributed by atoms with van der Waals surface area (Å²) in [4.78, 5) is 1.08. The number of hydrogen-bond donors (Lipinski definition) is 0. The lowest BCUT2D eigenvalue weighted by Crippen LogP contribution is -1.94. The monoisotopic (exact) mass is 298 g/mol.